The van der Waals surface area contributed by atoms with Gasteiger partial charge in [0.25, 0.3) is 11.8 Å². The summed E-state index contributed by atoms with van der Waals surface area (Å²) in [4.78, 5) is 25.3. The molecule has 0 aromatic heterocycles. The summed E-state index contributed by atoms with van der Waals surface area (Å²) in [5, 5.41) is 16.6. The number of hydrogen-bond donors (Lipinski definition) is 3. The number of rotatable bonds is 7. The molecule has 3 N–H and O–H groups in total. The highest BCUT2D eigenvalue weighted by Crippen LogP contribution is 2.27. The number of phenolic OH excluding ortho intramolecular Hbond substituents is 1. The number of nitrogens with zero attached hydrogens (tertiary/aromatic N) is 1. The van der Waals surface area contributed by atoms with Gasteiger partial charge in [-0.25, -0.2) is 5.43 Å². The molecule has 0 aliphatic heterocycles. The zero-order valence-electron chi connectivity index (χ0n) is 16.8. The van der Waals surface area contributed by atoms with Crippen molar-refractivity contribution in [1.29, 1.82) is 0 Å². The predicted molar refractivity (Wildman–Crippen MR) is 119 cm³/mol. The van der Waals surface area contributed by atoms with Gasteiger partial charge in [0.2, 0.25) is 0 Å². The van der Waals surface area contributed by atoms with Crippen LogP contribution in [0.2, 0.25) is 0 Å². The highest BCUT2D eigenvalue weighted by Gasteiger charge is 2.14. The highest BCUT2D eigenvalue weighted by atomic mass is 16.5. The van der Waals surface area contributed by atoms with Crippen LogP contribution >= 0.6 is 0 Å². The molecule has 0 saturated heterocycles. The van der Waals surface area contributed by atoms with Gasteiger partial charge in [-0.05, 0) is 35.9 Å². The van der Waals surface area contributed by atoms with Crippen molar-refractivity contribution in [2.75, 3.05) is 7.11 Å². The van der Waals surface area contributed by atoms with Crippen LogP contribution < -0.4 is 15.5 Å². The van der Waals surface area contributed by atoms with E-state index in [0.29, 0.717) is 11.1 Å². The molecule has 3 aromatic carbocycles. The molecule has 156 valence electrons. The molecule has 2 amide bonds. The summed E-state index contributed by atoms with van der Waals surface area (Å²) in [7, 11) is 1.44. The van der Waals surface area contributed by atoms with E-state index in [9.17, 15) is 14.7 Å². The van der Waals surface area contributed by atoms with Gasteiger partial charge in [-0.1, -0.05) is 54.6 Å². The third kappa shape index (κ3) is 5.80. The van der Waals surface area contributed by atoms with Crippen LogP contribution in [-0.2, 0) is 4.79 Å². The van der Waals surface area contributed by atoms with Crippen LogP contribution in [0.4, 0.5) is 0 Å². The number of nitrogens with one attached hydrogen (secondary N) is 2. The molecule has 0 fully saturated rings. The van der Waals surface area contributed by atoms with Crippen molar-refractivity contribution >= 4 is 24.1 Å². The van der Waals surface area contributed by atoms with E-state index in [4.69, 9.17) is 4.74 Å². The fourth-order valence-corrected chi connectivity index (χ4v) is 2.69. The van der Waals surface area contributed by atoms with E-state index in [2.05, 4.69) is 15.8 Å². The van der Waals surface area contributed by atoms with Gasteiger partial charge in [0, 0.05) is 11.1 Å². The van der Waals surface area contributed by atoms with E-state index in [1.165, 1.54) is 13.3 Å². The van der Waals surface area contributed by atoms with Crippen LogP contribution in [0, 0.1) is 0 Å². The summed E-state index contributed by atoms with van der Waals surface area (Å²) < 4.78 is 5.05. The van der Waals surface area contributed by atoms with Gasteiger partial charge in [0.1, 0.15) is 5.70 Å². The number of phenols is 1. The lowest BCUT2D eigenvalue weighted by molar-refractivity contribution is -0.117. The molecule has 0 saturated carbocycles. The third-order valence-corrected chi connectivity index (χ3v) is 4.26. The van der Waals surface area contributed by atoms with Gasteiger partial charge in [-0.3, -0.25) is 9.59 Å². The second kappa shape index (κ2) is 10.4. The number of amides is 2. The molecular weight excluding hydrogens is 394 g/mol. The van der Waals surface area contributed by atoms with Gasteiger partial charge >= 0.3 is 0 Å². The van der Waals surface area contributed by atoms with E-state index >= 15 is 0 Å². The minimum Gasteiger partial charge on any atom is -0.504 e. The molecule has 0 aliphatic rings. The molecule has 0 atom stereocenters. The largest absolute Gasteiger partial charge is 0.504 e. The van der Waals surface area contributed by atoms with Crippen molar-refractivity contribution in [3.05, 3.63) is 101 Å². The molecule has 31 heavy (non-hydrogen) atoms. The monoisotopic (exact) mass is 415 g/mol. The summed E-state index contributed by atoms with van der Waals surface area (Å²) in [6, 6.07) is 22.6. The van der Waals surface area contributed by atoms with Gasteiger partial charge in [0.15, 0.2) is 11.5 Å². The fourth-order valence-electron chi connectivity index (χ4n) is 2.69. The van der Waals surface area contributed by atoms with Gasteiger partial charge in [-0.2, -0.15) is 5.10 Å². The second-order valence-electron chi connectivity index (χ2n) is 6.39. The molecular formula is C24H21N3O4. The number of methoxy groups -OCH3 is 1. The molecule has 0 bridgehead atoms. The zero-order chi connectivity index (χ0) is 22.1. The van der Waals surface area contributed by atoms with E-state index in [-0.39, 0.29) is 17.2 Å². The Morgan fingerprint density at radius 2 is 1.61 bits per heavy atom. The van der Waals surface area contributed by atoms with Crippen molar-refractivity contribution < 1.29 is 19.4 Å². The average molecular weight is 415 g/mol. The molecule has 3 aromatic rings. The lowest BCUT2D eigenvalue weighted by atomic mass is 10.1. The molecule has 7 heteroatoms. The topological polar surface area (TPSA) is 100 Å². The summed E-state index contributed by atoms with van der Waals surface area (Å²) in [5.74, 6) is -0.852. The number of para-hydroxylation sites is 1. The van der Waals surface area contributed by atoms with E-state index in [1.54, 1.807) is 66.7 Å². The first-order valence-electron chi connectivity index (χ1n) is 9.41. The fraction of sp³-hybridized carbons (Fsp3) is 0.0417. The summed E-state index contributed by atoms with van der Waals surface area (Å²) in [5.41, 5.74) is 3.90. The first-order chi connectivity index (χ1) is 15.1. The maximum Gasteiger partial charge on any atom is 0.287 e. The van der Waals surface area contributed by atoms with Crippen LogP contribution in [0.25, 0.3) is 6.08 Å². The predicted octanol–water partition coefficient (Wildman–Crippen LogP) is 3.32. The number of hydrazone groups is 1. The van der Waals surface area contributed by atoms with Crippen LogP contribution in [0.1, 0.15) is 21.5 Å². The quantitative estimate of drug-likeness (QED) is 0.313. The highest BCUT2D eigenvalue weighted by molar-refractivity contribution is 6.05. The molecule has 3 rings (SSSR count). The molecule has 0 radical (unpaired) electrons. The normalized spacial score (nSPS) is 11.2. The third-order valence-electron chi connectivity index (χ3n) is 4.26. The Bertz CT molecular complexity index is 1110. The van der Waals surface area contributed by atoms with Gasteiger partial charge in [0.05, 0.1) is 13.3 Å². The van der Waals surface area contributed by atoms with Crippen LogP contribution in [0.5, 0.6) is 11.5 Å². The maximum absolute atomic E-state index is 12.7. The van der Waals surface area contributed by atoms with Crippen molar-refractivity contribution in [1.82, 2.24) is 10.7 Å². The Labute approximate surface area is 179 Å². The van der Waals surface area contributed by atoms with Gasteiger partial charge in [-0.15, -0.1) is 0 Å². The first kappa shape index (κ1) is 21.3. The van der Waals surface area contributed by atoms with Crippen molar-refractivity contribution in [2.45, 2.75) is 0 Å². The number of aromatic hydroxyl groups is 1. The van der Waals surface area contributed by atoms with Crippen LogP contribution in [-0.4, -0.2) is 30.2 Å². The summed E-state index contributed by atoms with van der Waals surface area (Å²) >= 11 is 0. The molecule has 0 aliphatic carbocycles. The van der Waals surface area contributed by atoms with E-state index in [0.717, 1.165) is 5.56 Å². The number of carbonyl (C=O) groups excluding carboxylic acids is 2. The summed E-state index contributed by atoms with van der Waals surface area (Å²) in [6.45, 7) is 0. The van der Waals surface area contributed by atoms with Crippen molar-refractivity contribution in [3.8, 4) is 11.5 Å². The maximum atomic E-state index is 12.7. The SMILES string of the molecule is COc1cccc(C=NNC(=O)C(=Cc2ccccc2)NC(=O)c2ccccc2)c1O. The van der Waals surface area contributed by atoms with E-state index < -0.39 is 11.8 Å². The molecule has 0 unspecified atom stereocenters. The van der Waals surface area contributed by atoms with Crippen molar-refractivity contribution in [2.24, 2.45) is 5.10 Å². The number of ether oxygens (including phenoxy) is 1. The Balaban J connectivity index is 1.79. The number of carbonyl (C=O) groups is 2. The minimum absolute atomic E-state index is 0.0204. The molecule has 0 spiro atoms. The lowest BCUT2D eigenvalue weighted by Crippen LogP contribution is -2.32. The standard InChI is InChI=1S/C24H21N3O4/c1-31-21-14-8-13-19(22(21)28)16-25-27-24(30)20(15-17-9-4-2-5-10-17)26-23(29)18-11-6-3-7-12-18/h2-16,28H,1H3,(H,26,29)(H,27,30). The lowest BCUT2D eigenvalue weighted by Gasteiger charge is -2.09. The summed E-state index contributed by atoms with van der Waals surface area (Å²) in [6.07, 6.45) is 2.84. The second-order valence-corrected chi connectivity index (χ2v) is 6.39. The Morgan fingerprint density at radius 1 is 0.935 bits per heavy atom. The average Bonchev–Trinajstić information content (AvgIpc) is 2.81. The molecule has 0 heterocycles. The first-order valence-corrected chi connectivity index (χ1v) is 9.41. The Kier molecular flexibility index (Phi) is 7.16. The van der Waals surface area contributed by atoms with Crippen LogP contribution in [0.15, 0.2) is 89.7 Å². The Hall–Kier alpha value is -4.39. The van der Waals surface area contributed by atoms with E-state index in [1.807, 2.05) is 18.2 Å². The van der Waals surface area contributed by atoms with Crippen molar-refractivity contribution in [3.63, 3.8) is 0 Å². The minimum atomic E-state index is -0.619. The zero-order valence-corrected chi connectivity index (χ0v) is 16.8. The number of benzene rings is 3. The van der Waals surface area contributed by atoms with Gasteiger partial charge < -0.3 is 15.2 Å². The van der Waals surface area contributed by atoms with Crippen LogP contribution in [0.3, 0.4) is 0 Å². The smallest absolute Gasteiger partial charge is 0.287 e. The Morgan fingerprint density at radius 3 is 2.29 bits per heavy atom. The molecule has 7 nitrogen and oxygen atoms in total. The number of hydrogen-bond acceptors (Lipinski definition) is 5.